The third-order valence-corrected chi connectivity index (χ3v) is 1.56. The zero-order valence-electron chi connectivity index (χ0n) is 8.23. The second kappa shape index (κ2) is 7.14. The van der Waals surface area contributed by atoms with Gasteiger partial charge >= 0.3 is 42.6 Å². The van der Waals surface area contributed by atoms with Crippen molar-refractivity contribution in [3.8, 4) is 0 Å². The second-order valence-electron chi connectivity index (χ2n) is 3.46. The first-order valence-corrected chi connectivity index (χ1v) is 10.5. The molecular weight excluding hydrogens is 274 g/mol. The molecule has 0 radical (unpaired) electrons. The van der Waals surface area contributed by atoms with Crippen LogP contribution in [0.25, 0.3) is 0 Å². The van der Waals surface area contributed by atoms with Crippen LogP contribution in [-0.2, 0) is 20.1 Å². The number of benzene rings is 1. The van der Waals surface area contributed by atoms with E-state index in [1.165, 1.54) is 5.56 Å². The van der Waals surface area contributed by atoms with E-state index in [0.717, 1.165) is 0 Å². The van der Waals surface area contributed by atoms with Crippen molar-refractivity contribution in [2.45, 2.75) is 19.3 Å². The van der Waals surface area contributed by atoms with Crippen molar-refractivity contribution in [3.63, 3.8) is 0 Å². The summed E-state index contributed by atoms with van der Waals surface area (Å²) in [5.41, 5.74) is 1.33. The molecule has 0 atom stereocenters. The van der Waals surface area contributed by atoms with Crippen LogP contribution in [0.1, 0.15) is 19.4 Å². The van der Waals surface area contributed by atoms with Crippen molar-refractivity contribution < 1.29 is 14.7 Å². The molecule has 0 bridgehead atoms. The molecule has 14 heavy (non-hydrogen) atoms. The maximum atomic E-state index is 4.97. The molecule has 0 saturated heterocycles. The van der Waals surface area contributed by atoms with E-state index in [-0.39, 0.29) is 5.41 Å². The Kier molecular flexibility index (Phi) is 7.55. The van der Waals surface area contributed by atoms with Crippen LogP contribution in [0, 0.1) is 6.92 Å². The number of hydrogen-bond donors (Lipinski definition) is 0. The molecule has 0 N–H and O–H groups in total. The monoisotopic (exact) mass is 286 g/mol. The molecule has 78 valence electrons. The van der Waals surface area contributed by atoms with Crippen LogP contribution < -0.4 is 0 Å². The van der Waals surface area contributed by atoms with Gasteiger partial charge in [-0.3, -0.25) is 0 Å². The van der Waals surface area contributed by atoms with E-state index in [1.54, 1.807) is 0 Å². The molecule has 0 heterocycles. The van der Waals surface area contributed by atoms with Gasteiger partial charge in [-0.1, -0.05) is 49.7 Å². The van der Waals surface area contributed by atoms with Crippen molar-refractivity contribution in [1.29, 1.82) is 0 Å². The first kappa shape index (κ1) is 14.8. The molecule has 0 saturated carbocycles. The zero-order valence-corrected chi connectivity index (χ0v) is 12.1. The summed E-state index contributed by atoms with van der Waals surface area (Å²) in [5, 5.41) is 0. The summed E-state index contributed by atoms with van der Waals surface area (Å²) in [6.07, 6.45) is 0. The van der Waals surface area contributed by atoms with Crippen LogP contribution in [0.3, 0.4) is 0 Å². The van der Waals surface area contributed by atoms with E-state index in [0.29, 0.717) is 0 Å². The van der Waals surface area contributed by atoms with Gasteiger partial charge in [0.1, 0.15) is 0 Å². The summed E-state index contributed by atoms with van der Waals surface area (Å²) in [5.74, 6) is 0. The van der Waals surface area contributed by atoms with Crippen LogP contribution in [0.5, 0.6) is 0 Å². The van der Waals surface area contributed by atoms with E-state index in [1.807, 2.05) is 18.2 Å². The molecule has 1 aromatic rings. The van der Waals surface area contributed by atoms with Crippen molar-refractivity contribution in [2.75, 3.05) is 0 Å². The van der Waals surface area contributed by atoms with Crippen molar-refractivity contribution in [3.05, 3.63) is 42.8 Å². The van der Waals surface area contributed by atoms with E-state index < -0.39 is 14.7 Å². The number of hydrogen-bond acceptors (Lipinski definition) is 0. The SMILES string of the molecule is [CH2-]C(C)(C)c1ccccc1.[Cl][Ti+]([Cl])[Cl]. The van der Waals surface area contributed by atoms with Crippen molar-refractivity contribution in [2.24, 2.45) is 0 Å². The normalized spacial score (nSPS) is 10.1. The maximum absolute atomic E-state index is 4.97. The molecule has 0 aliphatic rings. The molecule has 0 aromatic heterocycles. The predicted octanol–water partition coefficient (Wildman–Crippen LogP) is 4.86. The summed E-state index contributed by atoms with van der Waals surface area (Å²) in [4.78, 5) is 0. The van der Waals surface area contributed by atoms with Gasteiger partial charge < -0.3 is 6.92 Å². The molecule has 0 fully saturated rings. The molecule has 0 unspecified atom stereocenters. The predicted molar refractivity (Wildman–Crippen MR) is 62.4 cm³/mol. The number of rotatable bonds is 1. The van der Waals surface area contributed by atoms with Gasteiger partial charge in [0.2, 0.25) is 0 Å². The minimum atomic E-state index is -1.92. The van der Waals surface area contributed by atoms with Gasteiger partial charge in [0, 0.05) is 0 Å². The molecule has 0 aliphatic carbocycles. The van der Waals surface area contributed by atoms with Crippen molar-refractivity contribution >= 4 is 27.9 Å². The van der Waals surface area contributed by atoms with Gasteiger partial charge in [0.25, 0.3) is 0 Å². The molecule has 0 aliphatic heterocycles. The van der Waals surface area contributed by atoms with Gasteiger partial charge in [0.05, 0.1) is 0 Å². The van der Waals surface area contributed by atoms with E-state index in [2.05, 4.69) is 32.9 Å². The molecule has 0 spiro atoms. The molecular formula is C10H13Cl3Ti. The van der Waals surface area contributed by atoms with Crippen molar-refractivity contribution in [1.82, 2.24) is 0 Å². The average molecular weight is 287 g/mol. The average Bonchev–Trinajstić information content (AvgIpc) is 2.03. The molecule has 1 aromatic carbocycles. The first-order chi connectivity index (χ1) is 6.34. The fourth-order valence-electron chi connectivity index (χ4n) is 0.889. The summed E-state index contributed by atoms with van der Waals surface area (Å²) < 4.78 is 0. The quantitative estimate of drug-likeness (QED) is 0.511. The Morgan fingerprint density at radius 1 is 1.07 bits per heavy atom. The van der Waals surface area contributed by atoms with Gasteiger partial charge in [-0.15, -0.1) is 5.41 Å². The third-order valence-electron chi connectivity index (χ3n) is 1.56. The van der Waals surface area contributed by atoms with Gasteiger partial charge in [-0.25, -0.2) is 0 Å². The van der Waals surface area contributed by atoms with Crippen LogP contribution >= 0.6 is 27.9 Å². The summed E-state index contributed by atoms with van der Waals surface area (Å²) in [6.45, 7) is 8.27. The molecule has 1 rings (SSSR count). The van der Waals surface area contributed by atoms with E-state index in [4.69, 9.17) is 27.9 Å². The van der Waals surface area contributed by atoms with Gasteiger partial charge in [0.15, 0.2) is 0 Å². The van der Waals surface area contributed by atoms with Crippen LogP contribution in [0.15, 0.2) is 30.3 Å². The summed E-state index contributed by atoms with van der Waals surface area (Å²) in [7, 11) is 14.9. The summed E-state index contributed by atoms with van der Waals surface area (Å²) in [6, 6.07) is 10.3. The van der Waals surface area contributed by atoms with Gasteiger partial charge in [-0.05, 0) is 0 Å². The Hall–Kier alpha value is 0.804. The fourth-order valence-corrected chi connectivity index (χ4v) is 0.889. The molecule has 0 nitrogen and oxygen atoms in total. The fraction of sp³-hybridized carbons (Fsp3) is 0.300. The van der Waals surface area contributed by atoms with Crippen LogP contribution in [0.2, 0.25) is 0 Å². The topological polar surface area (TPSA) is 0 Å². The standard InChI is InChI=1S/C10H13.3ClH.Ti/c1-10(2,3)9-7-5-4-6-8-9;;;;/h4-8H,1H2,2-3H3;3*1H;/q-1;;;;+4/p-3. The Morgan fingerprint density at radius 3 is 1.64 bits per heavy atom. The summed E-state index contributed by atoms with van der Waals surface area (Å²) >= 11 is -1.92. The van der Waals surface area contributed by atoms with E-state index >= 15 is 0 Å². The minimum absolute atomic E-state index is 0.0429. The second-order valence-corrected chi connectivity index (χ2v) is 11.2. The molecule has 0 amide bonds. The zero-order chi connectivity index (χ0) is 11.2. The Labute approximate surface area is 104 Å². The van der Waals surface area contributed by atoms with Crippen LogP contribution in [0.4, 0.5) is 0 Å². The Balaban J connectivity index is 0.000000364. The van der Waals surface area contributed by atoms with Gasteiger partial charge in [-0.2, -0.15) is 0 Å². The first-order valence-electron chi connectivity index (χ1n) is 4.08. The molecule has 4 heteroatoms. The number of halogens is 3. The Bertz CT molecular complexity index is 239. The third kappa shape index (κ3) is 8.14. The van der Waals surface area contributed by atoms with Crippen LogP contribution in [-0.4, -0.2) is 0 Å². The Morgan fingerprint density at radius 2 is 1.43 bits per heavy atom. The van der Waals surface area contributed by atoms with E-state index in [9.17, 15) is 0 Å².